The Morgan fingerprint density at radius 1 is 1.00 bits per heavy atom. The van der Waals surface area contributed by atoms with Crippen LogP contribution in [0, 0.1) is 6.92 Å². The summed E-state index contributed by atoms with van der Waals surface area (Å²) >= 11 is 0. The molecule has 4 rings (SSSR count). The lowest BCUT2D eigenvalue weighted by atomic mass is 9.99. The van der Waals surface area contributed by atoms with Crippen LogP contribution in [-0.4, -0.2) is 21.6 Å². The number of fused-ring (bicyclic) bond motifs is 1. The molecule has 6 nitrogen and oxygen atoms in total. The average molecular weight is 344 g/mol. The van der Waals surface area contributed by atoms with E-state index in [1.807, 2.05) is 61.5 Å². The van der Waals surface area contributed by atoms with Crippen molar-refractivity contribution >= 4 is 29.3 Å². The third kappa shape index (κ3) is 2.57. The first-order valence-electron chi connectivity index (χ1n) is 8.13. The highest BCUT2D eigenvalue weighted by Gasteiger charge is 2.34. The zero-order valence-electron chi connectivity index (χ0n) is 14.1. The summed E-state index contributed by atoms with van der Waals surface area (Å²) < 4.78 is 1.48. The predicted molar refractivity (Wildman–Crippen MR) is 99.5 cm³/mol. The molecule has 0 saturated heterocycles. The van der Waals surface area contributed by atoms with Gasteiger partial charge in [0.2, 0.25) is 0 Å². The summed E-state index contributed by atoms with van der Waals surface area (Å²) in [4.78, 5) is 24.7. The number of nitrogens with two attached hydrogens (primary N) is 1. The molecule has 0 atom stereocenters. The second kappa shape index (κ2) is 6.00. The van der Waals surface area contributed by atoms with Gasteiger partial charge in [-0.3, -0.25) is 14.9 Å². The number of aryl methyl sites for hydroxylation is 1. The second-order valence-corrected chi connectivity index (χ2v) is 6.11. The highest BCUT2D eigenvalue weighted by molar-refractivity contribution is 6.34. The van der Waals surface area contributed by atoms with Gasteiger partial charge in [0, 0.05) is 0 Å². The van der Waals surface area contributed by atoms with Crippen LogP contribution < -0.4 is 11.1 Å². The number of rotatable bonds is 2. The topological polar surface area (TPSA) is 90.0 Å². The molecule has 2 heterocycles. The van der Waals surface area contributed by atoms with Gasteiger partial charge in [-0.25, -0.2) is 4.68 Å². The van der Waals surface area contributed by atoms with Crippen LogP contribution in [-0.2, 0) is 4.79 Å². The van der Waals surface area contributed by atoms with Crippen molar-refractivity contribution in [2.24, 2.45) is 0 Å². The molecule has 0 aliphatic carbocycles. The lowest BCUT2D eigenvalue weighted by Gasteiger charge is -2.13. The zero-order chi connectivity index (χ0) is 18.3. The van der Waals surface area contributed by atoms with Gasteiger partial charge >= 0.3 is 0 Å². The maximum absolute atomic E-state index is 12.4. The highest BCUT2D eigenvalue weighted by atomic mass is 16.2. The van der Waals surface area contributed by atoms with Crippen LogP contribution in [0.2, 0.25) is 0 Å². The van der Waals surface area contributed by atoms with Crippen LogP contribution in [0.15, 0.2) is 54.6 Å². The molecule has 1 aliphatic heterocycles. The molecule has 6 heteroatoms. The quantitative estimate of drug-likeness (QED) is 0.552. The van der Waals surface area contributed by atoms with Gasteiger partial charge in [-0.05, 0) is 30.7 Å². The number of imide groups is 1. The smallest absolute Gasteiger partial charge is 0.264 e. The van der Waals surface area contributed by atoms with Crippen LogP contribution in [0.25, 0.3) is 17.3 Å². The molecule has 1 aromatic heterocycles. The number of benzene rings is 2. The molecule has 0 spiro atoms. The molecule has 0 saturated carbocycles. The maximum atomic E-state index is 12.4. The van der Waals surface area contributed by atoms with Gasteiger partial charge in [0.1, 0.15) is 17.1 Å². The Morgan fingerprint density at radius 3 is 2.38 bits per heavy atom. The molecule has 3 aromatic rings. The SMILES string of the molecule is Cc1ccc(/C=C2/C(=O)NC(=O)c3c2nn(-c2ccccc2)c3N)cc1. The molecule has 0 unspecified atom stereocenters. The van der Waals surface area contributed by atoms with E-state index in [-0.39, 0.29) is 11.4 Å². The highest BCUT2D eigenvalue weighted by Crippen LogP contribution is 2.30. The van der Waals surface area contributed by atoms with E-state index in [2.05, 4.69) is 10.4 Å². The Labute approximate surface area is 149 Å². The number of para-hydroxylation sites is 1. The third-order valence-electron chi connectivity index (χ3n) is 4.26. The molecule has 2 aromatic carbocycles. The number of anilines is 1. The van der Waals surface area contributed by atoms with Crippen LogP contribution >= 0.6 is 0 Å². The second-order valence-electron chi connectivity index (χ2n) is 6.11. The Bertz CT molecular complexity index is 1050. The fourth-order valence-corrected chi connectivity index (χ4v) is 2.91. The molecule has 3 N–H and O–H groups in total. The van der Waals surface area contributed by atoms with E-state index in [0.29, 0.717) is 17.0 Å². The summed E-state index contributed by atoms with van der Waals surface area (Å²) in [5.41, 5.74) is 9.66. The molecule has 2 amide bonds. The summed E-state index contributed by atoms with van der Waals surface area (Å²) in [6.07, 6.45) is 1.71. The number of carbonyl (C=O) groups excluding carboxylic acids is 2. The van der Waals surface area contributed by atoms with Crippen molar-refractivity contribution in [1.29, 1.82) is 0 Å². The van der Waals surface area contributed by atoms with Crippen molar-refractivity contribution < 1.29 is 9.59 Å². The molecular weight excluding hydrogens is 328 g/mol. The van der Waals surface area contributed by atoms with E-state index in [1.165, 1.54) is 4.68 Å². The summed E-state index contributed by atoms with van der Waals surface area (Å²) in [7, 11) is 0. The number of hydrogen-bond donors (Lipinski definition) is 2. The van der Waals surface area contributed by atoms with E-state index in [1.54, 1.807) is 6.08 Å². The Morgan fingerprint density at radius 2 is 1.69 bits per heavy atom. The van der Waals surface area contributed by atoms with E-state index in [4.69, 9.17) is 5.73 Å². The van der Waals surface area contributed by atoms with Crippen molar-refractivity contribution in [1.82, 2.24) is 15.1 Å². The monoisotopic (exact) mass is 344 g/mol. The van der Waals surface area contributed by atoms with Crippen molar-refractivity contribution in [3.05, 3.63) is 77.0 Å². The van der Waals surface area contributed by atoms with E-state index in [0.717, 1.165) is 11.1 Å². The van der Waals surface area contributed by atoms with Gasteiger partial charge in [-0.2, -0.15) is 5.10 Å². The third-order valence-corrected chi connectivity index (χ3v) is 4.26. The Hall–Kier alpha value is -3.67. The number of nitrogen functional groups attached to an aromatic ring is 1. The molecule has 0 radical (unpaired) electrons. The van der Waals surface area contributed by atoms with Gasteiger partial charge < -0.3 is 5.73 Å². The fraction of sp³-hybridized carbons (Fsp3) is 0.0500. The summed E-state index contributed by atoms with van der Waals surface area (Å²) in [5, 5.41) is 6.80. The first-order valence-corrected chi connectivity index (χ1v) is 8.13. The van der Waals surface area contributed by atoms with Crippen molar-refractivity contribution in [3.8, 4) is 5.69 Å². The predicted octanol–water partition coefficient (Wildman–Crippen LogP) is 2.57. The van der Waals surface area contributed by atoms with E-state index >= 15 is 0 Å². The number of amides is 2. The van der Waals surface area contributed by atoms with Crippen LogP contribution in [0.4, 0.5) is 5.82 Å². The summed E-state index contributed by atoms with van der Waals surface area (Å²) in [5.74, 6) is -0.822. The minimum Gasteiger partial charge on any atom is -0.383 e. The first kappa shape index (κ1) is 15.8. The minimum absolute atomic E-state index is 0.200. The molecule has 26 heavy (non-hydrogen) atoms. The summed E-state index contributed by atoms with van der Waals surface area (Å²) in [6, 6.07) is 17.0. The molecule has 128 valence electrons. The van der Waals surface area contributed by atoms with Crippen LogP contribution in [0.3, 0.4) is 0 Å². The van der Waals surface area contributed by atoms with Crippen molar-refractivity contribution in [2.45, 2.75) is 6.92 Å². The van der Waals surface area contributed by atoms with Crippen LogP contribution in [0.5, 0.6) is 0 Å². The van der Waals surface area contributed by atoms with Gasteiger partial charge in [0.15, 0.2) is 0 Å². The molecule has 0 fully saturated rings. The normalized spacial score (nSPS) is 15.0. The average Bonchev–Trinajstić information content (AvgIpc) is 2.99. The first-order chi connectivity index (χ1) is 12.5. The fourth-order valence-electron chi connectivity index (χ4n) is 2.91. The summed E-state index contributed by atoms with van der Waals surface area (Å²) in [6.45, 7) is 1.99. The van der Waals surface area contributed by atoms with Crippen molar-refractivity contribution in [2.75, 3.05) is 5.73 Å². The Kier molecular flexibility index (Phi) is 3.65. The largest absolute Gasteiger partial charge is 0.383 e. The van der Waals surface area contributed by atoms with Gasteiger partial charge in [0.05, 0.1) is 11.3 Å². The zero-order valence-corrected chi connectivity index (χ0v) is 14.1. The maximum Gasteiger partial charge on any atom is 0.264 e. The van der Waals surface area contributed by atoms with Crippen LogP contribution in [0.1, 0.15) is 27.2 Å². The standard InChI is InChI=1S/C20H16N4O2/c1-12-7-9-13(10-8-12)11-15-17-16(20(26)22-19(15)25)18(21)24(23-17)14-5-3-2-4-6-14/h2-11H,21H2,1H3,(H,22,25,26)/b15-11+. The Balaban J connectivity index is 1.90. The molecule has 1 aliphatic rings. The number of nitrogens with zero attached hydrogens (tertiary/aromatic N) is 2. The minimum atomic E-state index is -0.536. The number of nitrogens with one attached hydrogen (secondary N) is 1. The van der Waals surface area contributed by atoms with Crippen molar-refractivity contribution in [3.63, 3.8) is 0 Å². The number of aromatic nitrogens is 2. The molecule has 0 bridgehead atoms. The number of carbonyl (C=O) groups is 2. The van der Waals surface area contributed by atoms with Gasteiger partial charge in [-0.15, -0.1) is 0 Å². The number of hydrogen-bond acceptors (Lipinski definition) is 4. The lowest BCUT2D eigenvalue weighted by molar-refractivity contribution is -0.114. The van der Waals surface area contributed by atoms with E-state index < -0.39 is 11.8 Å². The van der Waals surface area contributed by atoms with E-state index in [9.17, 15) is 9.59 Å². The molecular formula is C20H16N4O2. The van der Waals surface area contributed by atoms with Gasteiger partial charge in [0.25, 0.3) is 11.8 Å². The lowest BCUT2D eigenvalue weighted by Crippen LogP contribution is -2.36. The van der Waals surface area contributed by atoms with Gasteiger partial charge in [-0.1, -0.05) is 48.0 Å².